The van der Waals surface area contributed by atoms with Crippen molar-refractivity contribution in [2.75, 3.05) is 7.11 Å². The number of rotatable bonds is 7. The Kier molecular flexibility index (Phi) is 6.93. The fourth-order valence-corrected chi connectivity index (χ4v) is 3.32. The van der Waals surface area contributed by atoms with Crippen LogP contribution in [0.5, 0.6) is 0 Å². The lowest BCUT2D eigenvalue weighted by Crippen LogP contribution is -2.35. The van der Waals surface area contributed by atoms with Gasteiger partial charge in [-0.3, -0.25) is 10.1 Å². The van der Waals surface area contributed by atoms with E-state index in [4.69, 9.17) is 4.74 Å². The van der Waals surface area contributed by atoms with Crippen molar-refractivity contribution in [2.24, 2.45) is 0 Å². The zero-order valence-electron chi connectivity index (χ0n) is 16.9. The van der Waals surface area contributed by atoms with Gasteiger partial charge in [-0.25, -0.2) is 14.4 Å². The lowest BCUT2D eigenvalue weighted by molar-refractivity contribution is -0.384. The molecule has 0 spiro atoms. The maximum atomic E-state index is 13.0. The predicted octanol–water partition coefficient (Wildman–Crippen LogP) is 2.41. The molecule has 0 bridgehead atoms. The molecule has 1 aromatic carbocycles. The van der Waals surface area contributed by atoms with Gasteiger partial charge in [0.25, 0.3) is 5.69 Å². The number of methoxy groups -OCH3 is 1. The van der Waals surface area contributed by atoms with Gasteiger partial charge >= 0.3 is 17.9 Å². The van der Waals surface area contributed by atoms with Gasteiger partial charge in [0.1, 0.15) is 0 Å². The predicted molar refractivity (Wildman–Crippen MR) is 104 cm³/mol. The SMILES string of the molecule is CCC(OC(=O)C1=C(C)NC(C)=C(C(=O)O)C1c1cccc([N+](=O)[O-])c1)C(=O)OC. The summed E-state index contributed by atoms with van der Waals surface area (Å²) in [5, 5.41) is 23.8. The number of carboxylic acids is 1. The highest BCUT2D eigenvalue weighted by atomic mass is 16.6. The van der Waals surface area contributed by atoms with Crippen LogP contribution in [-0.2, 0) is 23.9 Å². The van der Waals surface area contributed by atoms with Crippen LogP contribution in [0.1, 0.15) is 38.7 Å². The van der Waals surface area contributed by atoms with Crippen molar-refractivity contribution in [1.29, 1.82) is 0 Å². The number of dihydropyridines is 1. The Morgan fingerprint density at radius 3 is 2.40 bits per heavy atom. The van der Waals surface area contributed by atoms with Crippen molar-refractivity contribution in [2.45, 2.75) is 39.2 Å². The maximum absolute atomic E-state index is 13.0. The average molecular weight is 418 g/mol. The number of esters is 2. The normalized spacial score (nSPS) is 17.1. The minimum Gasteiger partial charge on any atom is -0.478 e. The topological polar surface area (TPSA) is 145 Å². The number of carboxylic acid groups (broad SMARTS) is 1. The molecule has 2 unspecified atom stereocenters. The molecule has 1 aliphatic rings. The highest BCUT2D eigenvalue weighted by molar-refractivity contribution is 5.99. The third-order valence-corrected chi connectivity index (χ3v) is 4.71. The lowest BCUT2D eigenvalue weighted by Gasteiger charge is -2.30. The number of carbonyl (C=O) groups is 3. The largest absolute Gasteiger partial charge is 0.478 e. The minimum atomic E-state index is -1.30. The van der Waals surface area contributed by atoms with Crippen LogP contribution in [0.2, 0.25) is 0 Å². The molecule has 0 fully saturated rings. The Morgan fingerprint density at radius 1 is 1.23 bits per heavy atom. The van der Waals surface area contributed by atoms with Crippen LogP contribution in [-0.4, -0.2) is 41.2 Å². The first-order chi connectivity index (χ1) is 14.1. The van der Waals surface area contributed by atoms with E-state index in [9.17, 15) is 29.6 Å². The summed E-state index contributed by atoms with van der Waals surface area (Å²) in [4.78, 5) is 47.4. The Bertz CT molecular complexity index is 963. The molecule has 2 N–H and O–H groups in total. The molecule has 0 aromatic heterocycles. The molecule has 0 amide bonds. The Hall–Kier alpha value is -3.69. The van der Waals surface area contributed by atoms with E-state index in [1.807, 2.05) is 0 Å². The first-order valence-corrected chi connectivity index (χ1v) is 9.07. The summed E-state index contributed by atoms with van der Waals surface area (Å²) in [6.45, 7) is 4.71. The number of nitro groups is 1. The monoisotopic (exact) mass is 418 g/mol. The van der Waals surface area contributed by atoms with Crippen molar-refractivity contribution in [3.05, 3.63) is 62.5 Å². The van der Waals surface area contributed by atoms with E-state index in [1.54, 1.807) is 13.8 Å². The Morgan fingerprint density at radius 2 is 1.87 bits per heavy atom. The van der Waals surface area contributed by atoms with Gasteiger partial charge in [0.05, 0.1) is 29.1 Å². The molecule has 2 atom stereocenters. The second-order valence-corrected chi connectivity index (χ2v) is 6.62. The molecule has 0 radical (unpaired) electrons. The van der Waals surface area contributed by atoms with E-state index >= 15 is 0 Å². The van der Waals surface area contributed by atoms with E-state index in [0.29, 0.717) is 5.70 Å². The molecule has 0 saturated carbocycles. The summed E-state index contributed by atoms with van der Waals surface area (Å²) in [6, 6.07) is 5.38. The van der Waals surface area contributed by atoms with Gasteiger partial charge in [-0.05, 0) is 25.8 Å². The van der Waals surface area contributed by atoms with E-state index in [1.165, 1.54) is 31.2 Å². The average Bonchev–Trinajstić information content (AvgIpc) is 2.70. The molecule has 10 heteroatoms. The molecular weight excluding hydrogens is 396 g/mol. The fraction of sp³-hybridized carbons (Fsp3) is 0.350. The van der Waals surface area contributed by atoms with Gasteiger partial charge < -0.3 is 19.9 Å². The maximum Gasteiger partial charge on any atom is 0.347 e. The molecule has 0 aliphatic carbocycles. The first kappa shape index (κ1) is 22.6. The zero-order valence-corrected chi connectivity index (χ0v) is 16.9. The van der Waals surface area contributed by atoms with Crippen LogP contribution in [0.15, 0.2) is 46.8 Å². The van der Waals surface area contributed by atoms with Gasteiger partial charge in [0, 0.05) is 23.5 Å². The third kappa shape index (κ3) is 4.48. The van der Waals surface area contributed by atoms with Crippen LogP contribution in [0, 0.1) is 10.1 Å². The molecule has 2 rings (SSSR count). The number of nitrogens with one attached hydrogen (secondary N) is 1. The lowest BCUT2D eigenvalue weighted by atomic mass is 9.80. The van der Waals surface area contributed by atoms with E-state index in [2.05, 4.69) is 10.1 Å². The van der Waals surface area contributed by atoms with Crippen molar-refractivity contribution in [3.63, 3.8) is 0 Å². The molecule has 1 heterocycles. The molecule has 1 aromatic rings. The van der Waals surface area contributed by atoms with Crippen molar-refractivity contribution in [1.82, 2.24) is 5.32 Å². The third-order valence-electron chi connectivity index (χ3n) is 4.71. The molecule has 10 nitrogen and oxygen atoms in total. The highest BCUT2D eigenvalue weighted by Gasteiger charge is 2.39. The number of aliphatic carboxylic acids is 1. The van der Waals surface area contributed by atoms with Gasteiger partial charge in [-0.15, -0.1) is 0 Å². The standard InChI is InChI=1S/C20H22N2O8/c1-5-14(19(25)29-4)30-20(26)16-11(3)21-10(2)15(18(23)24)17(16)12-7-6-8-13(9-12)22(27)28/h6-9,14,17,21H,5H2,1-4H3,(H,23,24). The van der Waals surface area contributed by atoms with Crippen molar-refractivity contribution in [3.8, 4) is 0 Å². The summed E-state index contributed by atoms with van der Waals surface area (Å²) in [6.07, 6.45) is -1.02. The number of nitro benzene ring substituents is 1. The van der Waals surface area contributed by atoms with Crippen LogP contribution in [0.25, 0.3) is 0 Å². The summed E-state index contributed by atoms with van der Waals surface area (Å²) in [5.41, 5.74) is 0.381. The number of ether oxygens (including phenoxy) is 2. The van der Waals surface area contributed by atoms with E-state index in [0.717, 1.165) is 7.11 Å². The van der Waals surface area contributed by atoms with Gasteiger partial charge in [0.15, 0.2) is 6.10 Å². The number of hydrogen-bond donors (Lipinski definition) is 2. The minimum absolute atomic E-state index is 0.0548. The van der Waals surface area contributed by atoms with Gasteiger partial charge in [0.2, 0.25) is 0 Å². The summed E-state index contributed by atoms with van der Waals surface area (Å²) in [5.74, 6) is -4.09. The Labute approximate surface area is 172 Å². The summed E-state index contributed by atoms with van der Waals surface area (Å²) < 4.78 is 9.92. The van der Waals surface area contributed by atoms with Crippen LogP contribution in [0.4, 0.5) is 5.69 Å². The van der Waals surface area contributed by atoms with Crippen molar-refractivity contribution < 1.29 is 33.9 Å². The molecule has 30 heavy (non-hydrogen) atoms. The molecule has 0 saturated heterocycles. The number of benzene rings is 1. The number of allylic oxidation sites excluding steroid dienone is 2. The van der Waals surface area contributed by atoms with Gasteiger partial charge in [-0.2, -0.15) is 0 Å². The highest BCUT2D eigenvalue weighted by Crippen LogP contribution is 2.39. The quantitative estimate of drug-likeness (QED) is 0.387. The van der Waals surface area contributed by atoms with Crippen LogP contribution in [0.3, 0.4) is 0 Å². The van der Waals surface area contributed by atoms with E-state index < -0.39 is 34.9 Å². The molecule has 1 aliphatic heterocycles. The zero-order chi connectivity index (χ0) is 22.6. The second-order valence-electron chi connectivity index (χ2n) is 6.62. The second kappa shape index (κ2) is 9.21. The summed E-state index contributed by atoms with van der Waals surface area (Å²) in [7, 11) is 1.16. The van der Waals surface area contributed by atoms with Gasteiger partial charge in [-0.1, -0.05) is 19.1 Å². The van der Waals surface area contributed by atoms with Crippen LogP contribution >= 0.6 is 0 Å². The summed E-state index contributed by atoms with van der Waals surface area (Å²) >= 11 is 0. The number of carbonyl (C=O) groups excluding carboxylic acids is 2. The first-order valence-electron chi connectivity index (χ1n) is 9.07. The smallest absolute Gasteiger partial charge is 0.347 e. The number of nitrogens with zero attached hydrogens (tertiary/aromatic N) is 1. The number of hydrogen-bond acceptors (Lipinski definition) is 8. The van der Waals surface area contributed by atoms with E-state index in [-0.39, 0.29) is 34.5 Å². The van der Waals surface area contributed by atoms with Crippen LogP contribution < -0.4 is 5.32 Å². The molecular formula is C20H22N2O8. The fourth-order valence-electron chi connectivity index (χ4n) is 3.32. The Balaban J connectivity index is 2.61. The molecule has 160 valence electrons. The van der Waals surface area contributed by atoms with Crippen molar-refractivity contribution >= 4 is 23.6 Å². The number of non-ortho nitro benzene ring substituents is 1.